The van der Waals surface area contributed by atoms with Crippen LogP contribution in [0.4, 0.5) is 0 Å². The fraction of sp³-hybridized carbons (Fsp3) is 0.917. The lowest BCUT2D eigenvalue weighted by atomic mass is 10.0. The summed E-state index contributed by atoms with van der Waals surface area (Å²) in [7, 11) is 0. The van der Waals surface area contributed by atoms with Crippen LogP contribution in [-0.4, -0.2) is 29.9 Å². The minimum Gasteiger partial charge on any atom is -0.341 e. The van der Waals surface area contributed by atoms with Crippen molar-refractivity contribution in [2.75, 3.05) is 13.1 Å². The quantitative estimate of drug-likeness (QED) is 0.808. The first-order valence-electron chi connectivity index (χ1n) is 6.18. The average molecular weight is 247 g/mol. The minimum atomic E-state index is 0. The standard InChI is InChI=1S/C12H22N2O.ClH/c1-9-2-3-10(6-9)7-12(15)14-5-4-11(13)8-14;/h9-11H,2-8,13H2,1H3;1H/t9?,10?,11-;/m0./s1. The molecule has 2 unspecified atom stereocenters. The number of amides is 1. The summed E-state index contributed by atoms with van der Waals surface area (Å²) in [4.78, 5) is 13.9. The second-order valence-electron chi connectivity index (χ2n) is 5.38. The Morgan fingerprint density at radius 2 is 2.12 bits per heavy atom. The minimum absolute atomic E-state index is 0. The van der Waals surface area contributed by atoms with E-state index in [2.05, 4.69) is 6.92 Å². The zero-order valence-electron chi connectivity index (χ0n) is 10.0. The zero-order chi connectivity index (χ0) is 10.8. The van der Waals surface area contributed by atoms with Crippen molar-refractivity contribution < 1.29 is 4.79 Å². The maximum Gasteiger partial charge on any atom is 0.222 e. The van der Waals surface area contributed by atoms with Crippen LogP contribution in [0, 0.1) is 11.8 Å². The second-order valence-corrected chi connectivity index (χ2v) is 5.38. The molecule has 1 aliphatic carbocycles. The number of carbonyl (C=O) groups is 1. The van der Waals surface area contributed by atoms with Crippen molar-refractivity contribution in [1.29, 1.82) is 0 Å². The second kappa shape index (κ2) is 5.87. The van der Waals surface area contributed by atoms with E-state index in [-0.39, 0.29) is 18.4 Å². The number of likely N-dealkylation sites (tertiary alicyclic amines) is 1. The van der Waals surface area contributed by atoms with E-state index < -0.39 is 0 Å². The Kier molecular flexibility index (Phi) is 5.06. The van der Waals surface area contributed by atoms with Crippen molar-refractivity contribution in [1.82, 2.24) is 4.90 Å². The molecule has 3 nitrogen and oxygen atoms in total. The zero-order valence-corrected chi connectivity index (χ0v) is 10.8. The van der Waals surface area contributed by atoms with E-state index in [4.69, 9.17) is 5.73 Å². The van der Waals surface area contributed by atoms with Crippen LogP contribution in [0.3, 0.4) is 0 Å². The van der Waals surface area contributed by atoms with Gasteiger partial charge in [0, 0.05) is 25.6 Å². The molecule has 0 aromatic rings. The Bertz CT molecular complexity index is 247. The lowest BCUT2D eigenvalue weighted by Gasteiger charge is -2.18. The van der Waals surface area contributed by atoms with E-state index in [0.29, 0.717) is 11.8 Å². The summed E-state index contributed by atoms with van der Waals surface area (Å²) in [6.45, 7) is 3.94. The molecule has 2 rings (SSSR count). The molecule has 0 aromatic heterocycles. The highest BCUT2D eigenvalue weighted by atomic mass is 35.5. The Hall–Kier alpha value is -0.280. The first kappa shape index (κ1) is 13.8. The summed E-state index contributed by atoms with van der Waals surface area (Å²) in [5.41, 5.74) is 5.80. The van der Waals surface area contributed by atoms with Crippen LogP contribution in [0.1, 0.15) is 39.0 Å². The number of nitrogens with two attached hydrogens (primary N) is 1. The summed E-state index contributed by atoms with van der Waals surface area (Å²) in [5.74, 6) is 1.80. The predicted molar refractivity (Wildman–Crippen MR) is 67.5 cm³/mol. The predicted octanol–water partition coefficient (Wildman–Crippen LogP) is 1.79. The van der Waals surface area contributed by atoms with Crippen molar-refractivity contribution >= 4 is 18.3 Å². The highest BCUT2D eigenvalue weighted by Gasteiger charge is 2.28. The van der Waals surface area contributed by atoms with Crippen LogP contribution >= 0.6 is 12.4 Å². The van der Waals surface area contributed by atoms with Gasteiger partial charge < -0.3 is 10.6 Å². The maximum atomic E-state index is 11.9. The Balaban J connectivity index is 0.00000128. The van der Waals surface area contributed by atoms with Crippen molar-refractivity contribution in [2.24, 2.45) is 17.6 Å². The number of hydrogen-bond donors (Lipinski definition) is 1. The van der Waals surface area contributed by atoms with Crippen LogP contribution in [0.5, 0.6) is 0 Å². The summed E-state index contributed by atoms with van der Waals surface area (Å²) in [5, 5.41) is 0. The fourth-order valence-electron chi connectivity index (χ4n) is 2.90. The first-order chi connectivity index (χ1) is 7.15. The van der Waals surface area contributed by atoms with Gasteiger partial charge in [-0.2, -0.15) is 0 Å². The fourth-order valence-corrected chi connectivity index (χ4v) is 2.90. The molecule has 0 spiro atoms. The molecule has 0 radical (unpaired) electrons. The number of hydrogen-bond acceptors (Lipinski definition) is 2. The Labute approximate surface area is 104 Å². The molecular formula is C12H23ClN2O. The molecular weight excluding hydrogens is 224 g/mol. The molecule has 2 fully saturated rings. The molecule has 1 saturated heterocycles. The third-order valence-corrected chi connectivity index (χ3v) is 3.84. The molecule has 4 heteroatoms. The highest BCUT2D eigenvalue weighted by molar-refractivity contribution is 5.85. The van der Waals surface area contributed by atoms with Gasteiger partial charge in [0.1, 0.15) is 0 Å². The molecule has 2 aliphatic rings. The third-order valence-electron chi connectivity index (χ3n) is 3.84. The SMILES string of the molecule is CC1CCC(CC(=O)N2CC[C@H](N)C2)C1.Cl. The van der Waals surface area contributed by atoms with Crippen LogP contribution < -0.4 is 5.73 Å². The monoisotopic (exact) mass is 246 g/mol. The summed E-state index contributed by atoms with van der Waals surface area (Å²) in [6.07, 6.45) is 5.53. The Morgan fingerprint density at radius 1 is 1.38 bits per heavy atom. The van der Waals surface area contributed by atoms with E-state index in [1.165, 1.54) is 19.3 Å². The molecule has 0 bridgehead atoms. The number of carbonyl (C=O) groups excluding carboxylic acids is 1. The molecule has 1 aliphatic heterocycles. The number of halogens is 1. The van der Waals surface area contributed by atoms with E-state index in [0.717, 1.165) is 31.8 Å². The smallest absolute Gasteiger partial charge is 0.222 e. The van der Waals surface area contributed by atoms with Crippen LogP contribution in [-0.2, 0) is 4.79 Å². The van der Waals surface area contributed by atoms with Crippen molar-refractivity contribution in [3.8, 4) is 0 Å². The normalized spacial score (nSPS) is 33.9. The van der Waals surface area contributed by atoms with Gasteiger partial charge in [0.05, 0.1) is 0 Å². The lowest BCUT2D eigenvalue weighted by Crippen LogP contribution is -2.32. The van der Waals surface area contributed by atoms with Gasteiger partial charge in [-0.25, -0.2) is 0 Å². The molecule has 1 amide bonds. The van der Waals surface area contributed by atoms with Gasteiger partial charge in [0.15, 0.2) is 0 Å². The summed E-state index contributed by atoms with van der Waals surface area (Å²) in [6, 6.07) is 0.219. The van der Waals surface area contributed by atoms with E-state index in [9.17, 15) is 4.79 Å². The van der Waals surface area contributed by atoms with Gasteiger partial charge in [-0.3, -0.25) is 4.79 Å². The molecule has 94 valence electrons. The van der Waals surface area contributed by atoms with Gasteiger partial charge in [-0.05, 0) is 31.1 Å². The van der Waals surface area contributed by atoms with Gasteiger partial charge in [-0.1, -0.05) is 13.3 Å². The first-order valence-corrected chi connectivity index (χ1v) is 6.18. The molecule has 1 heterocycles. The van der Waals surface area contributed by atoms with Gasteiger partial charge in [0.2, 0.25) is 5.91 Å². The molecule has 1 saturated carbocycles. The maximum absolute atomic E-state index is 11.9. The summed E-state index contributed by atoms with van der Waals surface area (Å²) < 4.78 is 0. The largest absolute Gasteiger partial charge is 0.341 e. The number of nitrogens with zero attached hydrogens (tertiary/aromatic N) is 1. The number of rotatable bonds is 2. The highest BCUT2D eigenvalue weighted by Crippen LogP contribution is 2.33. The van der Waals surface area contributed by atoms with Gasteiger partial charge in [0.25, 0.3) is 0 Å². The average Bonchev–Trinajstić information content (AvgIpc) is 2.75. The molecule has 0 aromatic carbocycles. The van der Waals surface area contributed by atoms with Crippen molar-refractivity contribution in [3.63, 3.8) is 0 Å². The van der Waals surface area contributed by atoms with E-state index >= 15 is 0 Å². The van der Waals surface area contributed by atoms with Gasteiger partial charge in [-0.15, -0.1) is 12.4 Å². The Morgan fingerprint density at radius 3 is 2.62 bits per heavy atom. The van der Waals surface area contributed by atoms with E-state index in [1.807, 2.05) is 4.90 Å². The lowest BCUT2D eigenvalue weighted by molar-refractivity contribution is -0.131. The molecule has 3 atom stereocenters. The molecule has 2 N–H and O–H groups in total. The van der Waals surface area contributed by atoms with Crippen molar-refractivity contribution in [3.05, 3.63) is 0 Å². The van der Waals surface area contributed by atoms with Crippen LogP contribution in [0.25, 0.3) is 0 Å². The topological polar surface area (TPSA) is 46.3 Å². The van der Waals surface area contributed by atoms with Gasteiger partial charge >= 0.3 is 0 Å². The van der Waals surface area contributed by atoms with Crippen LogP contribution in [0.15, 0.2) is 0 Å². The third kappa shape index (κ3) is 3.36. The van der Waals surface area contributed by atoms with Crippen molar-refractivity contribution in [2.45, 2.75) is 45.1 Å². The van der Waals surface area contributed by atoms with E-state index in [1.54, 1.807) is 0 Å². The summed E-state index contributed by atoms with van der Waals surface area (Å²) >= 11 is 0. The molecule has 16 heavy (non-hydrogen) atoms. The van der Waals surface area contributed by atoms with Crippen LogP contribution in [0.2, 0.25) is 0 Å².